The van der Waals surface area contributed by atoms with Crippen LogP contribution in [0.5, 0.6) is 0 Å². The van der Waals surface area contributed by atoms with Crippen molar-refractivity contribution < 1.29 is 9.16 Å². The summed E-state index contributed by atoms with van der Waals surface area (Å²) in [6.07, 6.45) is 5.02. The summed E-state index contributed by atoms with van der Waals surface area (Å²) < 4.78 is 11.9. The van der Waals surface area contributed by atoms with Gasteiger partial charge in [-0.3, -0.25) is 0 Å². The van der Waals surface area contributed by atoms with Crippen molar-refractivity contribution >= 4 is 17.8 Å². The van der Waals surface area contributed by atoms with Gasteiger partial charge in [-0.25, -0.2) is 0 Å². The van der Waals surface area contributed by atoms with E-state index in [2.05, 4.69) is 26.2 Å². The highest BCUT2D eigenvalue weighted by Crippen LogP contribution is 2.31. The molecule has 0 N–H and O–H groups in total. The zero-order valence-electron chi connectivity index (χ0n) is 10.7. The fourth-order valence-electron chi connectivity index (χ4n) is 2.28. The Morgan fingerprint density at radius 2 is 1.93 bits per heavy atom. The Bertz CT molecular complexity index is 177. The van der Waals surface area contributed by atoms with Crippen LogP contribution >= 0.6 is 0 Å². The van der Waals surface area contributed by atoms with Crippen LogP contribution in [0.25, 0.3) is 0 Å². The predicted octanol–water partition coefficient (Wildman–Crippen LogP) is 2.34. The smallest absolute Gasteiger partial charge is 0.170 e. The van der Waals surface area contributed by atoms with E-state index in [0.29, 0.717) is 0 Å². The van der Waals surface area contributed by atoms with Gasteiger partial charge in [-0.15, -0.1) is 0 Å². The Labute approximate surface area is 97.7 Å². The van der Waals surface area contributed by atoms with Crippen molar-refractivity contribution in [2.75, 3.05) is 13.2 Å². The average molecular weight is 246 g/mol. The van der Waals surface area contributed by atoms with E-state index in [4.69, 9.17) is 9.16 Å². The molecule has 0 aromatic heterocycles. The molecule has 0 amide bonds. The zero-order chi connectivity index (χ0) is 11.3. The molecular weight excluding hydrogens is 220 g/mol. The summed E-state index contributed by atoms with van der Waals surface area (Å²) in [6, 6.07) is 0. The topological polar surface area (TPSA) is 18.5 Å². The quantitative estimate of drug-likeness (QED) is 0.693. The molecule has 2 nitrogen and oxygen atoms in total. The molecule has 1 heterocycles. The van der Waals surface area contributed by atoms with Crippen molar-refractivity contribution in [3.05, 3.63) is 0 Å². The summed E-state index contributed by atoms with van der Waals surface area (Å²) in [5.41, 5.74) is 0. The third-order valence-electron chi connectivity index (χ3n) is 3.41. The van der Waals surface area contributed by atoms with Gasteiger partial charge in [-0.1, -0.05) is 13.1 Å². The van der Waals surface area contributed by atoms with E-state index in [1.807, 2.05) is 0 Å². The summed E-state index contributed by atoms with van der Waals surface area (Å²) in [6.45, 7) is 11.2. The monoisotopic (exact) mass is 246 g/mol. The van der Waals surface area contributed by atoms with Crippen LogP contribution in [0.1, 0.15) is 25.7 Å². The second kappa shape index (κ2) is 6.18. The van der Waals surface area contributed by atoms with Gasteiger partial charge in [0.2, 0.25) is 0 Å². The van der Waals surface area contributed by atoms with E-state index in [-0.39, 0.29) is 5.22 Å². The Morgan fingerprint density at radius 1 is 1.20 bits per heavy atom. The van der Waals surface area contributed by atoms with Crippen LogP contribution in [0.3, 0.4) is 0 Å². The van der Waals surface area contributed by atoms with Crippen LogP contribution in [0, 0.1) is 0 Å². The normalized spacial score (nSPS) is 27.6. The first kappa shape index (κ1) is 13.4. The zero-order valence-corrected chi connectivity index (χ0v) is 13.0. The minimum atomic E-state index is -0.844. The summed E-state index contributed by atoms with van der Waals surface area (Å²) in [5, 5.41) is 0.252. The maximum absolute atomic E-state index is 6.11. The number of rotatable bonds is 5. The Kier molecular flexibility index (Phi) is 5.53. The van der Waals surface area contributed by atoms with Crippen molar-refractivity contribution in [1.82, 2.24) is 0 Å². The Morgan fingerprint density at radius 3 is 2.40 bits per heavy atom. The lowest BCUT2D eigenvalue weighted by Gasteiger charge is -2.40. The van der Waals surface area contributed by atoms with Crippen molar-refractivity contribution in [3.63, 3.8) is 0 Å². The predicted molar refractivity (Wildman–Crippen MR) is 70.9 cm³/mol. The second-order valence-electron chi connectivity index (χ2n) is 5.19. The Hall–Kier alpha value is 0.354. The van der Waals surface area contributed by atoms with Gasteiger partial charge in [0.05, 0.1) is 14.0 Å². The highest BCUT2D eigenvalue weighted by molar-refractivity contribution is 6.59. The maximum Gasteiger partial charge on any atom is 0.170 e. The summed E-state index contributed by atoms with van der Waals surface area (Å²) in [4.78, 5) is 0. The van der Waals surface area contributed by atoms with Crippen LogP contribution < -0.4 is 0 Å². The number of hydrogen-bond acceptors (Lipinski definition) is 2. The highest BCUT2D eigenvalue weighted by Gasteiger charge is 2.36. The van der Waals surface area contributed by atoms with E-state index in [0.717, 1.165) is 19.6 Å². The lowest BCUT2D eigenvalue weighted by molar-refractivity contribution is -0.0343. The van der Waals surface area contributed by atoms with Crippen LogP contribution in [0.2, 0.25) is 26.2 Å². The molecule has 0 aliphatic carbocycles. The average Bonchev–Trinajstić information content (AvgIpc) is 2.18. The molecule has 0 radical (unpaired) electrons. The van der Waals surface area contributed by atoms with Gasteiger partial charge < -0.3 is 9.16 Å². The molecule has 1 aliphatic rings. The number of ether oxygens (including phenoxy) is 1. The van der Waals surface area contributed by atoms with Crippen molar-refractivity contribution in [1.29, 1.82) is 0 Å². The van der Waals surface area contributed by atoms with E-state index in [9.17, 15) is 0 Å². The van der Waals surface area contributed by atoms with Crippen LogP contribution in [-0.2, 0) is 9.16 Å². The molecule has 1 unspecified atom stereocenters. The highest BCUT2D eigenvalue weighted by atomic mass is 28.3. The summed E-state index contributed by atoms with van der Waals surface area (Å²) >= 11 is 0. The van der Waals surface area contributed by atoms with Gasteiger partial charge in [-0.2, -0.15) is 0 Å². The molecule has 0 aromatic carbocycles. The fraction of sp³-hybridized carbons (Fsp3) is 1.00. The van der Waals surface area contributed by atoms with Crippen LogP contribution in [-0.4, -0.2) is 36.3 Å². The van der Waals surface area contributed by atoms with E-state index in [1.54, 1.807) is 0 Å². The molecule has 1 saturated heterocycles. The van der Waals surface area contributed by atoms with Crippen molar-refractivity contribution in [2.24, 2.45) is 0 Å². The minimum Gasteiger partial charge on any atom is -0.420 e. The maximum atomic E-state index is 6.11. The van der Waals surface area contributed by atoms with Crippen LogP contribution in [0.4, 0.5) is 0 Å². The molecular formula is C11H26O2Si2. The van der Waals surface area contributed by atoms with Gasteiger partial charge >= 0.3 is 0 Å². The van der Waals surface area contributed by atoms with Crippen LogP contribution in [0.15, 0.2) is 0 Å². The third-order valence-corrected chi connectivity index (χ3v) is 7.16. The summed E-state index contributed by atoms with van der Waals surface area (Å²) in [7, 11) is -1.58. The molecule has 1 aliphatic heterocycles. The van der Waals surface area contributed by atoms with Gasteiger partial charge in [0.15, 0.2) is 9.04 Å². The van der Waals surface area contributed by atoms with Crippen molar-refractivity contribution in [2.45, 2.75) is 57.1 Å². The molecule has 1 atom stereocenters. The molecule has 15 heavy (non-hydrogen) atoms. The standard InChI is InChI=1S/C11H26O2Si2/c1-14(2)11(7-5-6-9-12-11)8-10-13-15(3)4/h14-15H,5-10H2,1-4H3. The first-order valence-corrected chi connectivity index (χ1v) is 12.0. The molecule has 0 aromatic rings. The van der Waals surface area contributed by atoms with Gasteiger partial charge in [0.1, 0.15) is 0 Å². The first-order valence-electron chi connectivity index (χ1n) is 6.32. The molecule has 0 saturated carbocycles. The van der Waals surface area contributed by atoms with Crippen molar-refractivity contribution in [3.8, 4) is 0 Å². The summed E-state index contributed by atoms with van der Waals surface area (Å²) in [5.74, 6) is 0. The van der Waals surface area contributed by atoms with Gasteiger partial charge in [0, 0.05) is 13.2 Å². The SMILES string of the molecule is C[SiH](C)OCCC1([SiH](C)C)CCCCO1. The molecule has 1 rings (SSSR count). The molecule has 0 spiro atoms. The van der Waals surface area contributed by atoms with E-state index < -0.39 is 17.8 Å². The lowest BCUT2D eigenvalue weighted by atomic mass is 10.1. The molecule has 4 heteroatoms. The van der Waals surface area contributed by atoms with E-state index >= 15 is 0 Å². The fourth-order valence-corrected chi connectivity index (χ4v) is 4.80. The van der Waals surface area contributed by atoms with E-state index in [1.165, 1.54) is 19.3 Å². The molecule has 0 bridgehead atoms. The largest absolute Gasteiger partial charge is 0.420 e. The third kappa shape index (κ3) is 4.02. The van der Waals surface area contributed by atoms with Gasteiger partial charge in [-0.05, 0) is 38.8 Å². The molecule has 90 valence electrons. The second-order valence-corrected chi connectivity index (χ2v) is 11.0. The molecule has 1 fully saturated rings. The number of hydrogen-bond donors (Lipinski definition) is 0. The Balaban J connectivity index is 2.42. The first-order chi connectivity index (χ1) is 7.07. The van der Waals surface area contributed by atoms with Gasteiger partial charge in [0.25, 0.3) is 0 Å². The lowest BCUT2D eigenvalue weighted by Crippen LogP contribution is -2.48. The minimum absolute atomic E-state index is 0.252.